The number of hydrogen-bond donors (Lipinski definition) is 2. The van der Waals surface area contributed by atoms with Crippen LogP contribution in [-0.2, 0) is 4.79 Å². The van der Waals surface area contributed by atoms with Crippen LogP contribution in [0.2, 0.25) is 10.0 Å². The third-order valence-electron chi connectivity index (χ3n) is 3.38. The van der Waals surface area contributed by atoms with E-state index < -0.39 is 23.1 Å². The van der Waals surface area contributed by atoms with Crippen LogP contribution in [0.5, 0.6) is 5.75 Å². The Morgan fingerprint density at radius 2 is 1.97 bits per heavy atom. The van der Waals surface area contributed by atoms with Crippen LogP contribution < -0.4 is 20.5 Å². The maximum Gasteiger partial charge on any atom is 0.355 e. The lowest BCUT2D eigenvalue weighted by Crippen LogP contribution is -2.34. The molecule has 0 bridgehead atoms. The minimum absolute atomic E-state index is 0.203. The first-order chi connectivity index (χ1) is 14.4. The number of benzene rings is 1. The Balaban J connectivity index is 2.11. The van der Waals surface area contributed by atoms with E-state index in [1.54, 1.807) is 12.1 Å². The van der Waals surface area contributed by atoms with Crippen molar-refractivity contribution >= 4 is 46.4 Å². The molecule has 2 N–H and O–H groups in total. The van der Waals surface area contributed by atoms with Crippen LogP contribution in [0.1, 0.15) is 0 Å². The van der Waals surface area contributed by atoms with E-state index in [2.05, 4.69) is 20.8 Å². The van der Waals surface area contributed by atoms with Crippen molar-refractivity contribution < 1.29 is 14.5 Å². The van der Waals surface area contributed by atoms with Gasteiger partial charge in [0.15, 0.2) is 6.61 Å². The van der Waals surface area contributed by atoms with Gasteiger partial charge in [0.1, 0.15) is 25.2 Å². The van der Waals surface area contributed by atoms with Crippen molar-refractivity contribution in [1.82, 2.24) is 15.4 Å². The third-order valence-corrected chi connectivity index (χ3v) is 3.91. The first kappa shape index (κ1) is 22.4. The molecule has 0 aliphatic rings. The third kappa shape index (κ3) is 5.81. The number of amides is 1. The minimum Gasteiger partial charge on any atom is -0.482 e. The average molecular weight is 451 g/mol. The molecule has 154 valence electrons. The number of carbonyl (C=O) groups excluding carboxylic acids is 1. The fraction of sp³-hybridized carbons (Fsp3) is 0.188. The number of ether oxygens (including phenoxy) is 1. The van der Waals surface area contributed by atoms with Gasteiger partial charge in [0.05, 0.1) is 22.1 Å². The number of hydrazine groups is 1. The maximum absolute atomic E-state index is 12.0. The summed E-state index contributed by atoms with van der Waals surface area (Å²) in [6, 6.07) is 8.03. The normalized spacial score (nSPS) is 9.73. The van der Waals surface area contributed by atoms with Gasteiger partial charge < -0.3 is 9.64 Å². The summed E-state index contributed by atoms with van der Waals surface area (Å²) in [7, 11) is 0. The zero-order valence-electron chi connectivity index (χ0n) is 15.0. The molecule has 1 amide bonds. The molecule has 1 aromatic carbocycles. The molecular weight excluding hydrogens is 439 g/mol. The van der Waals surface area contributed by atoms with Crippen LogP contribution >= 0.6 is 23.2 Å². The van der Waals surface area contributed by atoms with Crippen molar-refractivity contribution in [2.75, 3.05) is 30.0 Å². The number of nitro groups is 1. The Morgan fingerprint density at radius 3 is 2.57 bits per heavy atom. The quantitative estimate of drug-likeness (QED) is 0.327. The van der Waals surface area contributed by atoms with Crippen molar-refractivity contribution in [3.63, 3.8) is 0 Å². The second kappa shape index (κ2) is 10.6. The second-order valence-corrected chi connectivity index (χ2v) is 6.20. The summed E-state index contributed by atoms with van der Waals surface area (Å²) in [5, 5.41) is 29.8. The smallest absolute Gasteiger partial charge is 0.355 e. The van der Waals surface area contributed by atoms with Crippen LogP contribution in [0.15, 0.2) is 24.5 Å². The van der Waals surface area contributed by atoms with Crippen LogP contribution in [-0.4, -0.2) is 40.5 Å². The molecule has 0 saturated heterocycles. The predicted octanol–water partition coefficient (Wildman–Crippen LogP) is 2.07. The SMILES string of the molecule is N#CCN(CC#N)c1ncnc(NNC(=O)COc2ccc(Cl)cc2Cl)c1[N+](=O)[O-]. The molecule has 0 atom stereocenters. The van der Waals surface area contributed by atoms with E-state index in [0.717, 1.165) is 11.2 Å². The van der Waals surface area contributed by atoms with Crippen molar-refractivity contribution in [2.45, 2.75) is 0 Å². The summed E-state index contributed by atoms with van der Waals surface area (Å²) >= 11 is 11.7. The van der Waals surface area contributed by atoms with Gasteiger partial charge >= 0.3 is 5.69 Å². The van der Waals surface area contributed by atoms with Gasteiger partial charge in [-0.2, -0.15) is 10.5 Å². The van der Waals surface area contributed by atoms with Crippen molar-refractivity contribution in [2.24, 2.45) is 0 Å². The van der Waals surface area contributed by atoms with Crippen molar-refractivity contribution in [1.29, 1.82) is 10.5 Å². The highest BCUT2D eigenvalue weighted by Crippen LogP contribution is 2.31. The van der Waals surface area contributed by atoms with Crippen LogP contribution in [0.25, 0.3) is 0 Å². The lowest BCUT2D eigenvalue weighted by molar-refractivity contribution is -0.383. The molecule has 14 heteroatoms. The van der Waals surface area contributed by atoms with Crippen LogP contribution in [0.4, 0.5) is 17.3 Å². The molecule has 0 saturated carbocycles. The van der Waals surface area contributed by atoms with Gasteiger partial charge in [0.2, 0.25) is 11.6 Å². The van der Waals surface area contributed by atoms with E-state index in [0.29, 0.717) is 5.02 Å². The Bertz CT molecular complexity index is 1020. The number of hydrogen-bond acceptors (Lipinski definition) is 10. The number of nitriles is 2. The molecule has 0 radical (unpaired) electrons. The zero-order chi connectivity index (χ0) is 22.1. The maximum atomic E-state index is 12.0. The fourth-order valence-electron chi connectivity index (χ4n) is 2.14. The standard InChI is InChI=1S/C16H12Cl2N8O4/c17-10-1-2-12(11(18)7-10)30-8-13(27)23-24-15-14(26(28)29)16(22-9-21-15)25(5-3-19)6-4-20/h1-2,7,9H,5-6,8H2,(H,23,27)(H,21,22,24). The highest BCUT2D eigenvalue weighted by atomic mass is 35.5. The number of rotatable bonds is 9. The number of anilines is 2. The van der Waals surface area contributed by atoms with Gasteiger partial charge in [-0.3, -0.25) is 25.8 Å². The molecule has 2 aromatic rings. The number of halogens is 2. The highest BCUT2D eigenvalue weighted by molar-refractivity contribution is 6.35. The zero-order valence-corrected chi connectivity index (χ0v) is 16.5. The van der Waals surface area contributed by atoms with E-state index >= 15 is 0 Å². The summed E-state index contributed by atoms with van der Waals surface area (Å²) < 4.78 is 5.26. The van der Waals surface area contributed by atoms with Crippen molar-refractivity contribution in [3.05, 3.63) is 44.7 Å². The molecule has 30 heavy (non-hydrogen) atoms. The first-order valence-electron chi connectivity index (χ1n) is 7.98. The Labute approximate surface area is 179 Å². The molecule has 0 unspecified atom stereocenters. The number of carbonyl (C=O) groups is 1. The average Bonchev–Trinajstić information content (AvgIpc) is 2.71. The van der Waals surface area contributed by atoms with Crippen LogP contribution in [0.3, 0.4) is 0 Å². The van der Waals surface area contributed by atoms with E-state index in [9.17, 15) is 14.9 Å². The predicted molar refractivity (Wildman–Crippen MR) is 106 cm³/mol. The second-order valence-electron chi connectivity index (χ2n) is 5.36. The fourth-order valence-corrected chi connectivity index (χ4v) is 2.60. The van der Waals surface area contributed by atoms with E-state index in [4.69, 9.17) is 38.5 Å². The van der Waals surface area contributed by atoms with Gasteiger partial charge in [-0.1, -0.05) is 23.2 Å². The lowest BCUT2D eigenvalue weighted by Gasteiger charge is -2.17. The van der Waals surface area contributed by atoms with E-state index in [1.807, 2.05) is 0 Å². The summed E-state index contributed by atoms with van der Waals surface area (Å²) in [5.74, 6) is -1.07. The Hall–Kier alpha value is -3.87. The largest absolute Gasteiger partial charge is 0.482 e. The summed E-state index contributed by atoms with van der Waals surface area (Å²) in [5.41, 5.74) is 3.89. The highest BCUT2D eigenvalue weighted by Gasteiger charge is 2.27. The van der Waals surface area contributed by atoms with Gasteiger partial charge in [-0.25, -0.2) is 9.97 Å². The summed E-state index contributed by atoms with van der Waals surface area (Å²) in [6.07, 6.45) is 0.989. The number of aromatic nitrogens is 2. The Kier molecular flexibility index (Phi) is 7.93. The van der Waals surface area contributed by atoms with Gasteiger partial charge in [-0.05, 0) is 18.2 Å². The molecule has 12 nitrogen and oxygen atoms in total. The summed E-state index contributed by atoms with van der Waals surface area (Å²) in [6.45, 7) is -1.09. The molecule has 1 heterocycles. The molecule has 0 spiro atoms. The van der Waals surface area contributed by atoms with Crippen molar-refractivity contribution in [3.8, 4) is 17.9 Å². The summed E-state index contributed by atoms with van der Waals surface area (Å²) in [4.78, 5) is 31.3. The molecule has 2 rings (SSSR count). The van der Waals surface area contributed by atoms with Gasteiger partial charge in [0.25, 0.3) is 5.91 Å². The Morgan fingerprint density at radius 1 is 1.27 bits per heavy atom. The topological polar surface area (TPSA) is 170 Å². The van der Waals surface area contributed by atoms with E-state index in [-0.39, 0.29) is 35.5 Å². The molecule has 0 fully saturated rings. The van der Waals surface area contributed by atoms with E-state index in [1.165, 1.54) is 18.2 Å². The van der Waals surface area contributed by atoms with Gasteiger partial charge in [0, 0.05) is 5.02 Å². The monoisotopic (exact) mass is 450 g/mol. The number of nitrogens with one attached hydrogen (secondary N) is 2. The van der Waals surface area contributed by atoms with Crippen LogP contribution in [0, 0.1) is 32.8 Å². The van der Waals surface area contributed by atoms with Gasteiger partial charge in [-0.15, -0.1) is 0 Å². The molecule has 0 aliphatic carbocycles. The molecular formula is C16H12Cl2N8O4. The number of nitrogens with zero attached hydrogens (tertiary/aromatic N) is 6. The molecule has 0 aliphatic heterocycles. The first-order valence-corrected chi connectivity index (χ1v) is 8.74. The minimum atomic E-state index is -0.796. The molecule has 1 aromatic heterocycles. The lowest BCUT2D eigenvalue weighted by atomic mass is 10.3.